The number of hydrogen-bond acceptors (Lipinski definition) is 8. The molecule has 0 radical (unpaired) electrons. The first kappa shape index (κ1) is 24.0. The molecule has 0 amide bonds. The lowest BCUT2D eigenvalue weighted by atomic mass is 9.97. The van der Waals surface area contributed by atoms with Gasteiger partial charge in [0.15, 0.2) is 11.5 Å². The maximum Gasteiger partial charge on any atom is 0.259 e. The second-order valence-electron chi connectivity index (χ2n) is 8.39. The van der Waals surface area contributed by atoms with Crippen molar-refractivity contribution in [2.24, 2.45) is 0 Å². The van der Waals surface area contributed by atoms with E-state index < -0.39 is 8.53 Å². The molecule has 2 aliphatic rings. The molecule has 2 heterocycles. The van der Waals surface area contributed by atoms with Crippen molar-refractivity contribution in [1.29, 1.82) is 5.26 Å². The highest BCUT2D eigenvalue weighted by Gasteiger charge is 2.48. The fraction of sp³-hybridized carbons (Fsp3) is 0.667. The zero-order valence-corrected chi connectivity index (χ0v) is 21.0. The van der Waals surface area contributed by atoms with E-state index in [1.807, 2.05) is 27.7 Å². The van der Waals surface area contributed by atoms with Crippen molar-refractivity contribution < 1.29 is 18.5 Å². The molecule has 0 bridgehead atoms. The second-order valence-corrected chi connectivity index (χ2v) is 12.8. The van der Waals surface area contributed by atoms with Gasteiger partial charge in [0.2, 0.25) is 6.79 Å². The lowest BCUT2D eigenvalue weighted by Crippen LogP contribution is -2.39. The van der Waals surface area contributed by atoms with E-state index >= 15 is 0 Å². The number of rotatable bonds is 9. The molecule has 0 N–H and O–H groups in total. The van der Waals surface area contributed by atoms with E-state index in [1.165, 1.54) is 5.56 Å². The third kappa shape index (κ3) is 5.38. The van der Waals surface area contributed by atoms with Gasteiger partial charge >= 0.3 is 0 Å². The molecule has 6 nitrogen and oxygen atoms in total. The highest BCUT2D eigenvalue weighted by molar-refractivity contribution is 8.77. The standard InChI is InChI=1S/C21H31N2O4PS2/c1-14(2)23(15(3)4)28(26-11-7-10-22)27-20-19(29-30-21(20,5)6)16-8-9-17-18(12-16)25-13-24-17/h8-9,12,14-15,19-20H,7,11,13H2,1-6H3. The second kappa shape index (κ2) is 10.3. The Morgan fingerprint density at radius 1 is 1.23 bits per heavy atom. The molecule has 0 spiro atoms. The maximum absolute atomic E-state index is 8.97. The Hall–Kier alpha value is -0.680. The molecule has 3 atom stereocenters. The van der Waals surface area contributed by atoms with Crippen molar-refractivity contribution in [3.63, 3.8) is 0 Å². The van der Waals surface area contributed by atoms with Crippen LogP contribution in [0.15, 0.2) is 18.2 Å². The smallest absolute Gasteiger partial charge is 0.259 e. The molecule has 0 saturated carbocycles. The van der Waals surface area contributed by atoms with Gasteiger partial charge in [-0.05, 0) is 59.2 Å². The zero-order valence-electron chi connectivity index (χ0n) is 18.5. The molecule has 2 aliphatic heterocycles. The molecule has 1 aromatic carbocycles. The monoisotopic (exact) mass is 470 g/mol. The molecule has 166 valence electrons. The van der Waals surface area contributed by atoms with Crippen LogP contribution in [0.5, 0.6) is 11.5 Å². The Morgan fingerprint density at radius 2 is 1.93 bits per heavy atom. The van der Waals surface area contributed by atoms with Gasteiger partial charge in [0.25, 0.3) is 8.53 Å². The Labute approximate surface area is 189 Å². The summed E-state index contributed by atoms with van der Waals surface area (Å²) in [5.41, 5.74) is 1.17. The fourth-order valence-electron chi connectivity index (χ4n) is 3.53. The quantitative estimate of drug-likeness (QED) is 0.237. The average Bonchev–Trinajstić information content (AvgIpc) is 3.25. The number of ether oxygens (including phenoxy) is 2. The minimum Gasteiger partial charge on any atom is -0.454 e. The lowest BCUT2D eigenvalue weighted by Gasteiger charge is -2.39. The molecule has 3 rings (SSSR count). The number of nitriles is 1. The molecule has 1 aromatic rings. The van der Waals surface area contributed by atoms with Crippen molar-refractivity contribution >= 4 is 30.1 Å². The van der Waals surface area contributed by atoms with E-state index in [4.69, 9.17) is 23.8 Å². The van der Waals surface area contributed by atoms with Crippen molar-refractivity contribution in [1.82, 2.24) is 4.67 Å². The van der Waals surface area contributed by atoms with Gasteiger partial charge in [-0.25, -0.2) is 4.67 Å². The summed E-state index contributed by atoms with van der Waals surface area (Å²) in [6.07, 6.45) is 0.302. The first-order valence-corrected chi connectivity index (χ1v) is 13.6. The summed E-state index contributed by atoms with van der Waals surface area (Å²) in [4.78, 5) is 0. The highest BCUT2D eigenvalue weighted by Crippen LogP contribution is 2.63. The van der Waals surface area contributed by atoms with E-state index in [1.54, 1.807) is 0 Å². The van der Waals surface area contributed by atoms with E-state index in [0.29, 0.717) is 13.0 Å². The molecule has 30 heavy (non-hydrogen) atoms. The maximum atomic E-state index is 8.97. The SMILES string of the molecule is CC(C)N(C(C)C)P(OCCC#N)OC1C(c2ccc3c(c2)OCO3)SSC1(C)C. The van der Waals surface area contributed by atoms with Crippen molar-refractivity contribution in [3.05, 3.63) is 23.8 Å². The predicted octanol–water partition coefficient (Wildman–Crippen LogP) is 6.29. The number of nitrogens with zero attached hydrogens (tertiary/aromatic N) is 2. The third-order valence-corrected chi connectivity index (χ3v) is 10.7. The van der Waals surface area contributed by atoms with Crippen LogP contribution in [0.25, 0.3) is 0 Å². The summed E-state index contributed by atoms with van der Waals surface area (Å²) in [7, 11) is 2.37. The zero-order chi connectivity index (χ0) is 21.9. The number of hydrogen-bond donors (Lipinski definition) is 0. The fourth-order valence-corrected chi connectivity index (χ4v) is 9.02. The Bertz CT molecular complexity index is 764. The van der Waals surface area contributed by atoms with E-state index in [2.05, 4.69) is 64.4 Å². The van der Waals surface area contributed by atoms with Gasteiger partial charge in [0.1, 0.15) is 0 Å². The lowest BCUT2D eigenvalue weighted by molar-refractivity contribution is 0.114. The van der Waals surface area contributed by atoms with Crippen LogP contribution in [0.4, 0.5) is 0 Å². The van der Waals surface area contributed by atoms with Gasteiger partial charge in [-0.3, -0.25) is 0 Å². The van der Waals surface area contributed by atoms with Crippen LogP contribution in [-0.4, -0.2) is 41.0 Å². The minimum absolute atomic E-state index is 0.0546. The normalized spacial score (nSPS) is 23.3. The van der Waals surface area contributed by atoms with Crippen LogP contribution >= 0.6 is 30.1 Å². The average molecular weight is 471 g/mol. The predicted molar refractivity (Wildman–Crippen MR) is 125 cm³/mol. The van der Waals surface area contributed by atoms with Gasteiger partial charge in [-0.15, -0.1) is 0 Å². The molecule has 9 heteroatoms. The largest absolute Gasteiger partial charge is 0.454 e. The van der Waals surface area contributed by atoms with Gasteiger partial charge in [0.05, 0.1) is 30.5 Å². The Kier molecular flexibility index (Phi) is 8.22. The number of benzene rings is 1. The van der Waals surface area contributed by atoms with Crippen LogP contribution < -0.4 is 9.47 Å². The summed E-state index contributed by atoms with van der Waals surface area (Å²) < 4.78 is 26.2. The molecule has 1 saturated heterocycles. The first-order chi connectivity index (χ1) is 14.2. The molecule has 1 fully saturated rings. The van der Waals surface area contributed by atoms with Crippen molar-refractivity contribution in [2.45, 2.75) is 76.1 Å². The van der Waals surface area contributed by atoms with E-state index in [-0.39, 0.29) is 35.0 Å². The summed E-state index contributed by atoms with van der Waals surface area (Å²) >= 11 is 0. The summed E-state index contributed by atoms with van der Waals surface area (Å²) in [6.45, 7) is 13.7. The van der Waals surface area contributed by atoms with E-state index in [0.717, 1.165) is 11.5 Å². The topological polar surface area (TPSA) is 64.0 Å². The van der Waals surface area contributed by atoms with Gasteiger partial charge < -0.3 is 18.5 Å². The molecule has 0 aliphatic carbocycles. The Balaban J connectivity index is 1.86. The van der Waals surface area contributed by atoms with Crippen molar-refractivity contribution in [2.75, 3.05) is 13.4 Å². The van der Waals surface area contributed by atoms with Gasteiger partial charge in [-0.1, -0.05) is 27.7 Å². The van der Waals surface area contributed by atoms with Crippen LogP contribution in [-0.2, 0) is 9.05 Å². The van der Waals surface area contributed by atoms with Crippen LogP contribution in [0.1, 0.15) is 58.8 Å². The van der Waals surface area contributed by atoms with Gasteiger partial charge in [0, 0.05) is 16.8 Å². The molecule has 0 aromatic heterocycles. The van der Waals surface area contributed by atoms with Crippen LogP contribution in [0.3, 0.4) is 0 Å². The van der Waals surface area contributed by atoms with E-state index in [9.17, 15) is 0 Å². The molecular formula is C21H31N2O4PS2. The summed E-state index contributed by atoms with van der Waals surface area (Å²) in [6, 6.07) is 8.86. The third-order valence-electron chi connectivity index (χ3n) is 4.92. The first-order valence-electron chi connectivity index (χ1n) is 10.2. The van der Waals surface area contributed by atoms with Crippen molar-refractivity contribution in [3.8, 4) is 17.6 Å². The van der Waals surface area contributed by atoms with Crippen LogP contribution in [0.2, 0.25) is 0 Å². The summed E-state index contributed by atoms with van der Waals surface area (Å²) in [5, 5.41) is 9.11. The Morgan fingerprint density at radius 3 is 2.60 bits per heavy atom. The van der Waals surface area contributed by atoms with Crippen LogP contribution in [0, 0.1) is 11.3 Å². The summed E-state index contributed by atoms with van der Waals surface area (Å²) in [5.74, 6) is 1.58. The highest BCUT2D eigenvalue weighted by atomic mass is 33.1. The number of fused-ring (bicyclic) bond motifs is 1. The van der Waals surface area contributed by atoms with Gasteiger partial charge in [-0.2, -0.15) is 5.26 Å². The molecule has 3 unspecified atom stereocenters. The molecular weight excluding hydrogens is 439 g/mol. The minimum atomic E-state index is -1.31.